The summed E-state index contributed by atoms with van der Waals surface area (Å²) in [5.74, 6) is 0. The second-order valence-electron chi connectivity index (χ2n) is 6.85. The van der Waals surface area contributed by atoms with Crippen LogP contribution in [0.2, 0.25) is 0 Å². The molecule has 0 saturated carbocycles. The quantitative estimate of drug-likeness (QED) is 0.600. The van der Waals surface area contributed by atoms with E-state index in [1.165, 1.54) is 19.9 Å². The normalized spacial score (nSPS) is 20.3. The molecule has 2 aliphatic rings. The number of nitrogens with zero attached hydrogens (tertiary/aromatic N) is 2. The number of aliphatic hydroxyl groups is 1. The summed E-state index contributed by atoms with van der Waals surface area (Å²) < 4.78 is 71.5. The highest BCUT2D eigenvalue weighted by Crippen LogP contribution is 2.44. The van der Waals surface area contributed by atoms with E-state index in [0.717, 1.165) is 10.1 Å². The summed E-state index contributed by atoms with van der Waals surface area (Å²) in [6, 6.07) is 0. The van der Waals surface area contributed by atoms with Crippen molar-refractivity contribution in [1.82, 2.24) is 4.48 Å². The lowest BCUT2D eigenvalue weighted by atomic mass is 9.89. The van der Waals surface area contributed by atoms with Gasteiger partial charge in [-0.2, -0.15) is 13.2 Å². The molecule has 0 aliphatic carbocycles. The summed E-state index contributed by atoms with van der Waals surface area (Å²) >= 11 is 0. The molecule has 0 amide bonds. The van der Waals surface area contributed by atoms with Crippen LogP contribution in [0.3, 0.4) is 0 Å². The maximum absolute atomic E-state index is 15.4. The van der Waals surface area contributed by atoms with Gasteiger partial charge in [0.25, 0.3) is 0 Å². The number of fused-ring (bicyclic) bond motifs is 2. The molecule has 0 radical (unpaired) electrons. The summed E-state index contributed by atoms with van der Waals surface area (Å²) in [4.78, 5) is 0. The molecule has 0 bridgehead atoms. The van der Waals surface area contributed by atoms with Crippen LogP contribution in [0, 0.1) is 13.8 Å². The van der Waals surface area contributed by atoms with Gasteiger partial charge in [-0.3, -0.25) is 0 Å². The number of hydrogen-bond donors (Lipinski definition) is 1. The number of rotatable bonds is 2. The monoisotopic (exact) mass is 374 g/mol. The number of aliphatic hydroxyl groups excluding tert-OH is 1. The van der Waals surface area contributed by atoms with Crippen LogP contribution in [0.15, 0.2) is 16.8 Å². The minimum Gasteiger partial charge on any atom is -0.393 e. The number of halogens is 5. The van der Waals surface area contributed by atoms with Crippen LogP contribution in [0.25, 0.3) is 6.08 Å². The standard InChI is InChI=1S/C17H20BF5N2O/c1-6-12-8(2)13-7-14-9(3)15(16(26)17(19,20)21)11(5)25(14)18(22,23)24(13)10(12)4/h7,16,26H,6H2,1-5H3. The zero-order valence-corrected chi connectivity index (χ0v) is 15.2. The molecule has 1 aromatic rings. The van der Waals surface area contributed by atoms with Gasteiger partial charge in [-0.25, -0.2) is 0 Å². The Morgan fingerprint density at radius 1 is 1.19 bits per heavy atom. The van der Waals surface area contributed by atoms with Gasteiger partial charge >= 0.3 is 13.1 Å². The Hall–Kier alpha value is -1.90. The first kappa shape index (κ1) is 18.9. The van der Waals surface area contributed by atoms with Crippen molar-refractivity contribution in [3.8, 4) is 0 Å². The van der Waals surface area contributed by atoms with Crippen LogP contribution in [0.4, 0.5) is 21.8 Å². The van der Waals surface area contributed by atoms with Crippen molar-refractivity contribution in [2.75, 3.05) is 0 Å². The molecule has 0 spiro atoms. The first-order valence-corrected chi connectivity index (χ1v) is 8.39. The summed E-state index contributed by atoms with van der Waals surface area (Å²) in [5, 5.41) is 9.70. The smallest absolute Gasteiger partial charge is 0.393 e. The second kappa shape index (κ2) is 5.55. The SMILES string of the molecule is CCC1=C(C)C2=Cc3c(C)c(C(O)C(F)(F)F)c(C)n3[B-](F)(F)[N+]2=C1C. The molecule has 0 fully saturated rings. The highest BCUT2D eigenvalue weighted by atomic mass is 19.4. The highest BCUT2D eigenvalue weighted by molar-refractivity contribution is 6.58. The molecule has 142 valence electrons. The topological polar surface area (TPSA) is 28.2 Å². The maximum Gasteiger partial charge on any atom is 0.737 e. The fraction of sp³-hybridized carbons (Fsp3) is 0.471. The van der Waals surface area contributed by atoms with Gasteiger partial charge in [0.05, 0.1) is 0 Å². The molecule has 1 atom stereocenters. The molecule has 0 aromatic carbocycles. The van der Waals surface area contributed by atoms with Crippen molar-refractivity contribution in [2.45, 2.75) is 53.3 Å². The minimum atomic E-state index is -4.92. The van der Waals surface area contributed by atoms with Gasteiger partial charge in [0.2, 0.25) is 0 Å². The van der Waals surface area contributed by atoms with Crippen LogP contribution in [-0.4, -0.2) is 32.9 Å². The molecule has 3 rings (SSSR count). The Morgan fingerprint density at radius 3 is 2.27 bits per heavy atom. The number of aromatic nitrogens is 1. The van der Waals surface area contributed by atoms with Crippen LogP contribution >= 0.6 is 0 Å². The predicted molar refractivity (Wildman–Crippen MR) is 90.2 cm³/mol. The minimum absolute atomic E-state index is 0.0153. The predicted octanol–water partition coefficient (Wildman–Crippen LogP) is 4.49. The molecule has 1 unspecified atom stereocenters. The largest absolute Gasteiger partial charge is 0.737 e. The Bertz CT molecular complexity index is 905. The van der Waals surface area contributed by atoms with Crippen LogP contribution in [0.1, 0.15) is 55.8 Å². The number of allylic oxidation sites excluding steroid dienone is 2. The lowest BCUT2D eigenvalue weighted by molar-refractivity contribution is -0.363. The van der Waals surface area contributed by atoms with Crippen LogP contribution in [-0.2, 0) is 0 Å². The molecule has 1 aromatic heterocycles. The molecule has 3 heterocycles. The van der Waals surface area contributed by atoms with Crippen molar-refractivity contribution in [3.63, 3.8) is 0 Å². The molecular weight excluding hydrogens is 354 g/mol. The van der Waals surface area contributed by atoms with Gasteiger partial charge in [0, 0.05) is 35.4 Å². The van der Waals surface area contributed by atoms with Crippen molar-refractivity contribution >= 4 is 18.8 Å². The van der Waals surface area contributed by atoms with Crippen molar-refractivity contribution in [3.05, 3.63) is 39.4 Å². The third kappa shape index (κ3) is 2.25. The van der Waals surface area contributed by atoms with E-state index < -0.39 is 24.8 Å². The Morgan fingerprint density at radius 2 is 1.77 bits per heavy atom. The van der Waals surface area contributed by atoms with Gasteiger partial charge in [-0.15, -0.1) is 0 Å². The van der Waals surface area contributed by atoms with Crippen LogP contribution in [0.5, 0.6) is 0 Å². The maximum atomic E-state index is 15.4. The first-order valence-electron chi connectivity index (χ1n) is 8.39. The van der Waals surface area contributed by atoms with E-state index in [1.807, 2.05) is 6.92 Å². The summed E-state index contributed by atoms with van der Waals surface area (Å²) in [6.07, 6.45) is -5.64. The van der Waals surface area contributed by atoms with Gasteiger partial charge in [-0.1, -0.05) is 6.92 Å². The lowest BCUT2D eigenvalue weighted by Crippen LogP contribution is -2.50. The average Bonchev–Trinajstić information content (AvgIpc) is 2.90. The lowest BCUT2D eigenvalue weighted by Gasteiger charge is -2.30. The van der Waals surface area contributed by atoms with E-state index in [2.05, 4.69) is 0 Å². The molecule has 9 heteroatoms. The van der Waals surface area contributed by atoms with E-state index in [1.54, 1.807) is 13.8 Å². The summed E-state index contributed by atoms with van der Waals surface area (Å²) in [6.45, 7) is 3.39. The Kier molecular flexibility index (Phi) is 4.03. The van der Waals surface area contributed by atoms with Crippen molar-refractivity contribution < 1.29 is 31.4 Å². The molecule has 1 N–H and O–H groups in total. The van der Waals surface area contributed by atoms with E-state index >= 15 is 8.63 Å². The average molecular weight is 374 g/mol. The third-order valence-corrected chi connectivity index (χ3v) is 5.53. The van der Waals surface area contributed by atoms with E-state index in [9.17, 15) is 18.3 Å². The van der Waals surface area contributed by atoms with Crippen molar-refractivity contribution in [2.24, 2.45) is 0 Å². The van der Waals surface area contributed by atoms with Gasteiger partial charge in [0.15, 0.2) is 11.8 Å². The number of hydrogen-bond acceptors (Lipinski definition) is 1. The molecule has 3 nitrogen and oxygen atoms in total. The van der Waals surface area contributed by atoms with E-state index in [0.29, 0.717) is 27.9 Å². The zero-order chi connectivity index (χ0) is 19.8. The highest BCUT2D eigenvalue weighted by Gasteiger charge is 2.55. The van der Waals surface area contributed by atoms with Gasteiger partial charge < -0.3 is 22.7 Å². The second-order valence-corrected chi connectivity index (χ2v) is 6.85. The molecule has 2 aliphatic heterocycles. The zero-order valence-electron chi connectivity index (χ0n) is 15.2. The third-order valence-electron chi connectivity index (χ3n) is 5.53. The van der Waals surface area contributed by atoms with E-state index in [-0.39, 0.29) is 17.0 Å². The molecular formula is C17H20BF5N2O. The van der Waals surface area contributed by atoms with Crippen LogP contribution < -0.4 is 0 Å². The van der Waals surface area contributed by atoms with Gasteiger partial charge in [-0.05, 0) is 38.4 Å². The fourth-order valence-corrected chi connectivity index (χ4v) is 4.32. The Balaban J connectivity index is 2.34. The molecule has 0 saturated heterocycles. The summed E-state index contributed by atoms with van der Waals surface area (Å²) in [7, 11) is 0. The fourth-order valence-electron chi connectivity index (χ4n) is 4.32. The number of alkyl halides is 3. The first-order chi connectivity index (χ1) is 11.9. The molecule has 26 heavy (non-hydrogen) atoms. The van der Waals surface area contributed by atoms with Crippen molar-refractivity contribution in [1.29, 1.82) is 0 Å². The Labute approximate surface area is 148 Å². The summed E-state index contributed by atoms with van der Waals surface area (Å²) in [5.41, 5.74) is 1.52. The van der Waals surface area contributed by atoms with E-state index in [4.69, 9.17) is 0 Å². The van der Waals surface area contributed by atoms with Gasteiger partial charge in [0.1, 0.15) is 5.71 Å².